The Labute approximate surface area is 71.7 Å². The van der Waals surface area contributed by atoms with Gasteiger partial charge in [-0.25, -0.2) is 0 Å². The molecular formula is C11H9O. The second kappa shape index (κ2) is 2.59. The summed E-state index contributed by atoms with van der Waals surface area (Å²) >= 11 is 0. The minimum Gasteiger partial charge on any atom is -0.299 e. The smallest absolute Gasteiger partial charge is 0.141 e. The zero-order valence-electron chi connectivity index (χ0n) is 6.87. The molecule has 1 nitrogen and oxygen atoms in total. The third kappa shape index (κ3) is 0.981. The standard InChI is InChI=1S/C11H9O/c1-8(12)10-7-6-9-4-2-3-5-11(9)10/h2-4,6-7,10H,1H3. The fourth-order valence-corrected chi connectivity index (χ4v) is 1.51. The van der Waals surface area contributed by atoms with Gasteiger partial charge in [0.15, 0.2) is 0 Å². The highest BCUT2D eigenvalue weighted by Crippen LogP contribution is 2.29. The second-order valence-electron chi connectivity index (χ2n) is 2.99. The maximum Gasteiger partial charge on any atom is 0.141 e. The molecule has 0 saturated heterocycles. The highest BCUT2D eigenvalue weighted by Gasteiger charge is 2.20. The molecule has 1 atom stereocenters. The van der Waals surface area contributed by atoms with Crippen LogP contribution < -0.4 is 0 Å². The summed E-state index contributed by atoms with van der Waals surface area (Å²) in [4.78, 5) is 11.1. The molecule has 2 rings (SSSR count). The number of hydrogen-bond donors (Lipinski definition) is 0. The topological polar surface area (TPSA) is 17.1 Å². The van der Waals surface area contributed by atoms with E-state index in [2.05, 4.69) is 6.07 Å². The Morgan fingerprint density at radius 2 is 2.42 bits per heavy atom. The predicted octanol–water partition coefficient (Wildman–Crippen LogP) is 2.19. The molecule has 12 heavy (non-hydrogen) atoms. The minimum absolute atomic E-state index is 0.0544. The lowest BCUT2D eigenvalue weighted by molar-refractivity contribution is -0.117. The average Bonchev–Trinajstić information content (AvgIpc) is 2.47. The van der Waals surface area contributed by atoms with Crippen LogP contribution in [0.3, 0.4) is 0 Å². The quantitative estimate of drug-likeness (QED) is 0.610. The van der Waals surface area contributed by atoms with Gasteiger partial charge in [-0.15, -0.1) is 0 Å². The number of hydrogen-bond acceptors (Lipinski definition) is 1. The predicted molar refractivity (Wildman–Crippen MR) is 47.7 cm³/mol. The first-order valence-electron chi connectivity index (χ1n) is 3.98. The Hall–Kier alpha value is -1.37. The Morgan fingerprint density at radius 3 is 3.17 bits per heavy atom. The number of benzene rings is 1. The Kier molecular flexibility index (Phi) is 1.58. The van der Waals surface area contributed by atoms with Gasteiger partial charge in [0.05, 0.1) is 5.92 Å². The molecule has 1 unspecified atom stereocenters. The van der Waals surface area contributed by atoms with Gasteiger partial charge in [-0.3, -0.25) is 4.79 Å². The van der Waals surface area contributed by atoms with E-state index < -0.39 is 0 Å². The maximum absolute atomic E-state index is 11.1. The molecule has 59 valence electrons. The zero-order valence-corrected chi connectivity index (χ0v) is 6.87. The van der Waals surface area contributed by atoms with Crippen molar-refractivity contribution in [2.24, 2.45) is 0 Å². The van der Waals surface area contributed by atoms with Crippen LogP contribution in [0.4, 0.5) is 0 Å². The summed E-state index contributed by atoms with van der Waals surface area (Å²) in [5.41, 5.74) is 2.14. The molecule has 0 N–H and O–H groups in total. The molecule has 0 bridgehead atoms. The van der Waals surface area contributed by atoms with Gasteiger partial charge >= 0.3 is 0 Å². The van der Waals surface area contributed by atoms with Crippen LogP contribution in [-0.4, -0.2) is 5.78 Å². The summed E-state index contributed by atoms with van der Waals surface area (Å²) in [5.74, 6) is 0.133. The number of rotatable bonds is 1. The van der Waals surface area contributed by atoms with Crippen LogP contribution in [0.25, 0.3) is 6.08 Å². The Balaban J connectivity index is 2.49. The van der Waals surface area contributed by atoms with Crippen molar-refractivity contribution in [3.63, 3.8) is 0 Å². The fraction of sp³-hybridized carbons (Fsp3) is 0.182. The Bertz CT molecular complexity index is 350. The van der Waals surface area contributed by atoms with Crippen molar-refractivity contribution < 1.29 is 4.79 Å². The van der Waals surface area contributed by atoms with E-state index in [1.807, 2.05) is 30.4 Å². The van der Waals surface area contributed by atoms with Gasteiger partial charge in [-0.05, 0) is 24.1 Å². The van der Waals surface area contributed by atoms with Gasteiger partial charge in [0.1, 0.15) is 5.78 Å². The first kappa shape index (κ1) is 7.29. The van der Waals surface area contributed by atoms with E-state index in [1.54, 1.807) is 6.92 Å². The molecular weight excluding hydrogens is 148 g/mol. The van der Waals surface area contributed by atoms with Crippen LogP contribution in [-0.2, 0) is 4.79 Å². The first-order valence-corrected chi connectivity index (χ1v) is 3.98. The molecule has 1 radical (unpaired) electrons. The average molecular weight is 157 g/mol. The highest BCUT2D eigenvalue weighted by atomic mass is 16.1. The Morgan fingerprint density at radius 1 is 1.58 bits per heavy atom. The van der Waals surface area contributed by atoms with Gasteiger partial charge in [0, 0.05) is 0 Å². The molecule has 1 aliphatic rings. The summed E-state index contributed by atoms with van der Waals surface area (Å²) in [6.07, 6.45) is 3.92. The molecule has 0 saturated carbocycles. The number of carbonyl (C=O) groups is 1. The molecule has 0 heterocycles. The monoisotopic (exact) mass is 157 g/mol. The zero-order chi connectivity index (χ0) is 8.55. The van der Waals surface area contributed by atoms with Crippen LogP contribution >= 0.6 is 0 Å². The maximum atomic E-state index is 11.1. The number of Topliss-reactive ketones (excluding diaryl/α,β-unsaturated/α-hetero) is 1. The number of carbonyl (C=O) groups excluding carboxylic acids is 1. The first-order chi connectivity index (χ1) is 5.79. The lowest BCUT2D eigenvalue weighted by atomic mass is 9.98. The normalized spacial score (nSPS) is 19.2. The summed E-state index contributed by atoms with van der Waals surface area (Å²) in [7, 11) is 0. The fourth-order valence-electron chi connectivity index (χ4n) is 1.51. The van der Waals surface area contributed by atoms with Crippen molar-refractivity contribution in [1.29, 1.82) is 0 Å². The third-order valence-electron chi connectivity index (χ3n) is 2.14. The van der Waals surface area contributed by atoms with Gasteiger partial charge < -0.3 is 0 Å². The van der Waals surface area contributed by atoms with Crippen LogP contribution in [0.15, 0.2) is 24.3 Å². The van der Waals surface area contributed by atoms with E-state index >= 15 is 0 Å². The molecule has 1 heteroatoms. The van der Waals surface area contributed by atoms with Crippen molar-refractivity contribution in [3.05, 3.63) is 41.5 Å². The van der Waals surface area contributed by atoms with Gasteiger partial charge in [0.25, 0.3) is 0 Å². The van der Waals surface area contributed by atoms with Crippen LogP contribution in [0.5, 0.6) is 0 Å². The van der Waals surface area contributed by atoms with E-state index in [0.29, 0.717) is 0 Å². The van der Waals surface area contributed by atoms with Gasteiger partial charge in [-0.2, -0.15) is 0 Å². The summed E-state index contributed by atoms with van der Waals surface area (Å²) in [6.45, 7) is 1.62. The van der Waals surface area contributed by atoms with Crippen molar-refractivity contribution >= 4 is 11.9 Å². The largest absolute Gasteiger partial charge is 0.299 e. The van der Waals surface area contributed by atoms with Crippen molar-refractivity contribution in [2.75, 3.05) is 0 Å². The molecule has 0 amide bonds. The second-order valence-corrected chi connectivity index (χ2v) is 2.99. The molecule has 0 aromatic heterocycles. The SMILES string of the molecule is CC(=O)C1C=Cc2ccc[c]c21. The van der Waals surface area contributed by atoms with Crippen LogP contribution in [0, 0.1) is 6.07 Å². The molecule has 0 spiro atoms. The van der Waals surface area contributed by atoms with Gasteiger partial charge in [-0.1, -0.05) is 30.4 Å². The van der Waals surface area contributed by atoms with Crippen molar-refractivity contribution in [3.8, 4) is 0 Å². The lowest BCUT2D eigenvalue weighted by Crippen LogP contribution is -2.03. The van der Waals surface area contributed by atoms with Crippen molar-refractivity contribution in [1.82, 2.24) is 0 Å². The molecule has 1 aliphatic carbocycles. The molecule has 0 fully saturated rings. The van der Waals surface area contributed by atoms with E-state index in [0.717, 1.165) is 11.1 Å². The molecule has 1 aromatic carbocycles. The number of fused-ring (bicyclic) bond motifs is 1. The van der Waals surface area contributed by atoms with Crippen LogP contribution in [0.2, 0.25) is 0 Å². The number of ketones is 1. The van der Waals surface area contributed by atoms with E-state index in [-0.39, 0.29) is 11.7 Å². The highest BCUT2D eigenvalue weighted by molar-refractivity contribution is 5.90. The van der Waals surface area contributed by atoms with E-state index in [4.69, 9.17) is 0 Å². The summed E-state index contributed by atoms with van der Waals surface area (Å²) in [5, 5.41) is 0. The van der Waals surface area contributed by atoms with E-state index in [1.165, 1.54) is 0 Å². The van der Waals surface area contributed by atoms with Gasteiger partial charge in [0.2, 0.25) is 0 Å². The lowest BCUT2D eigenvalue weighted by Gasteiger charge is -2.04. The third-order valence-corrected chi connectivity index (χ3v) is 2.14. The summed E-state index contributed by atoms with van der Waals surface area (Å²) in [6, 6.07) is 8.89. The van der Waals surface area contributed by atoms with Crippen LogP contribution in [0.1, 0.15) is 24.0 Å². The minimum atomic E-state index is -0.0544. The van der Waals surface area contributed by atoms with E-state index in [9.17, 15) is 4.79 Å². The number of allylic oxidation sites excluding steroid dienone is 1. The summed E-state index contributed by atoms with van der Waals surface area (Å²) < 4.78 is 0. The molecule has 0 aliphatic heterocycles. The molecule has 1 aromatic rings. The van der Waals surface area contributed by atoms with Crippen molar-refractivity contribution in [2.45, 2.75) is 12.8 Å².